The third kappa shape index (κ3) is 2.82. The number of halogens is 3. The van der Waals surface area contributed by atoms with Gasteiger partial charge in [-0.25, -0.2) is 16.8 Å². The van der Waals surface area contributed by atoms with E-state index in [0.717, 1.165) is 12.1 Å². The van der Waals surface area contributed by atoms with Crippen molar-refractivity contribution >= 4 is 19.7 Å². The number of nitrogens with one attached hydrogen (secondary N) is 1. The first-order valence-electron chi connectivity index (χ1n) is 4.95. The molecule has 11 heteroatoms. The van der Waals surface area contributed by atoms with E-state index in [1.54, 1.807) is 6.92 Å². The molecule has 0 aromatic heterocycles. The summed E-state index contributed by atoms with van der Waals surface area (Å²) in [5.74, 6) is 0. The van der Waals surface area contributed by atoms with Gasteiger partial charge in [0, 0.05) is 0 Å². The van der Waals surface area contributed by atoms with Crippen molar-refractivity contribution in [3.63, 3.8) is 0 Å². The maximum Gasteiger partial charge on any atom is 0.505 e. The molecular formula is C9H9F3N2O4S2. The maximum atomic E-state index is 12.4. The molecule has 0 bridgehead atoms. The van der Waals surface area contributed by atoms with Crippen LogP contribution in [0.1, 0.15) is 5.56 Å². The van der Waals surface area contributed by atoms with Crippen molar-refractivity contribution in [3.05, 3.63) is 35.4 Å². The highest BCUT2D eigenvalue weighted by Gasteiger charge is 2.58. The first-order chi connectivity index (χ1) is 8.94. The van der Waals surface area contributed by atoms with E-state index in [-0.39, 0.29) is 0 Å². The molecule has 0 saturated carbocycles. The van der Waals surface area contributed by atoms with Gasteiger partial charge in [-0.2, -0.15) is 13.2 Å². The average Bonchev–Trinajstić information content (AvgIpc) is 2.28. The fourth-order valence-electron chi connectivity index (χ4n) is 1.28. The van der Waals surface area contributed by atoms with Crippen molar-refractivity contribution in [2.24, 2.45) is 0 Å². The normalized spacial score (nSPS) is 14.8. The van der Waals surface area contributed by atoms with E-state index in [2.05, 4.69) is 0 Å². The molecule has 0 saturated heterocycles. The predicted molar refractivity (Wildman–Crippen MR) is 61.4 cm³/mol. The molecule has 1 aromatic rings. The van der Waals surface area contributed by atoms with E-state index in [1.165, 1.54) is 12.1 Å². The Balaban J connectivity index is 3.46. The second-order valence-electron chi connectivity index (χ2n) is 3.81. The zero-order valence-corrected chi connectivity index (χ0v) is 11.6. The van der Waals surface area contributed by atoms with Crippen LogP contribution in [0.2, 0.25) is 0 Å². The van der Waals surface area contributed by atoms with Crippen LogP contribution in [-0.2, 0) is 19.7 Å². The molecule has 0 aliphatic rings. The Morgan fingerprint density at radius 3 is 1.90 bits per heavy atom. The van der Waals surface area contributed by atoms with Crippen LogP contribution in [0.25, 0.3) is 5.53 Å². The summed E-state index contributed by atoms with van der Waals surface area (Å²) >= 11 is 0. The van der Waals surface area contributed by atoms with Gasteiger partial charge in [-0.05, 0) is 19.1 Å². The Hall–Kier alpha value is -1.49. The topological polar surface area (TPSA) is 105 Å². The van der Waals surface area contributed by atoms with Crippen molar-refractivity contribution < 1.29 is 35.1 Å². The van der Waals surface area contributed by atoms with E-state index in [9.17, 15) is 30.0 Å². The van der Waals surface area contributed by atoms with Crippen LogP contribution < -0.4 is 5.11 Å². The third-order valence-corrected chi connectivity index (χ3v) is 6.77. The standard InChI is InChI=1S/C9H9F3N2O4S2/c1-6-2-4-7(5-3-6)19(15,16)8(14-13)20(17,18)9(10,11)12/h2-5,8,14H,1H3. The van der Waals surface area contributed by atoms with Crippen LogP contribution in [0.4, 0.5) is 13.2 Å². The van der Waals surface area contributed by atoms with Crippen LogP contribution in [0, 0.1) is 6.92 Å². The zero-order valence-electron chi connectivity index (χ0n) is 9.92. The second kappa shape index (κ2) is 5.13. The monoisotopic (exact) mass is 330 g/mol. The highest BCUT2D eigenvalue weighted by molar-refractivity contribution is 8.09. The lowest BCUT2D eigenvalue weighted by molar-refractivity contribution is -0.475. The lowest BCUT2D eigenvalue weighted by Gasteiger charge is -2.13. The number of rotatable bonds is 4. The first kappa shape index (κ1) is 16.6. The Labute approximate surface area is 113 Å². The molecule has 0 aliphatic carbocycles. The molecule has 0 amide bonds. The quantitative estimate of drug-likeness (QED) is 0.790. The van der Waals surface area contributed by atoms with Gasteiger partial charge in [0.05, 0.1) is 4.90 Å². The van der Waals surface area contributed by atoms with Gasteiger partial charge in [-0.3, -0.25) is 0 Å². The van der Waals surface area contributed by atoms with Crippen molar-refractivity contribution in [1.82, 2.24) is 0 Å². The summed E-state index contributed by atoms with van der Waals surface area (Å²) in [5, 5.41) is 0.706. The molecule has 20 heavy (non-hydrogen) atoms. The van der Waals surface area contributed by atoms with Gasteiger partial charge in [0.2, 0.25) is 0 Å². The van der Waals surface area contributed by atoms with Crippen LogP contribution in [-0.4, -0.2) is 27.0 Å². The van der Waals surface area contributed by atoms with Gasteiger partial charge in [-0.15, -0.1) is 0 Å². The number of sulfone groups is 2. The van der Waals surface area contributed by atoms with Crippen LogP contribution in [0.15, 0.2) is 29.2 Å². The summed E-state index contributed by atoms with van der Waals surface area (Å²) in [6.07, 6.45) is 0. The van der Waals surface area contributed by atoms with Gasteiger partial charge in [0.15, 0.2) is 0 Å². The summed E-state index contributed by atoms with van der Waals surface area (Å²) in [5.41, 5.74) is 3.36. The minimum absolute atomic E-state index is 0.621. The van der Waals surface area contributed by atoms with E-state index >= 15 is 0 Å². The fourth-order valence-corrected chi connectivity index (χ4v) is 4.56. The van der Waals surface area contributed by atoms with E-state index in [0.29, 0.717) is 10.7 Å². The lowest BCUT2D eigenvalue weighted by Crippen LogP contribution is -2.78. The Morgan fingerprint density at radius 1 is 1.10 bits per heavy atom. The van der Waals surface area contributed by atoms with Crippen LogP contribution in [0.5, 0.6) is 0 Å². The Kier molecular flexibility index (Phi) is 4.25. The van der Waals surface area contributed by atoms with Gasteiger partial charge in [0.1, 0.15) is 0 Å². The number of hydrogen-bond donors (Lipinski definition) is 1. The van der Waals surface area contributed by atoms with Crippen molar-refractivity contribution in [1.29, 1.82) is 0 Å². The Morgan fingerprint density at radius 2 is 1.55 bits per heavy atom. The van der Waals surface area contributed by atoms with Crippen molar-refractivity contribution in [2.45, 2.75) is 22.0 Å². The largest absolute Gasteiger partial charge is 0.507 e. The summed E-state index contributed by atoms with van der Waals surface area (Å²) in [6, 6.07) is 4.45. The fraction of sp³-hybridized carbons (Fsp3) is 0.333. The van der Waals surface area contributed by atoms with E-state index < -0.39 is 34.8 Å². The highest BCUT2D eigenvalue weighted by atomic mass is 32.3. The summed E-state index contributed by atoms with van der Waals surface area (Å²) < 4.78 is 79.9. The number of hydrogen-bond acceptors (Lipinski definition) is 4. The van der Waals surface area contributed by atoms with E-state index in [4.69, 9.17) is 5.53 Å². The Bertz CT molecular complexity index is 709. The molecule has 0 spiro atoms. The SMILES string of the molecule is Cc1ccc(S(=O)(=O)C([NH+]=[N-])S(=O)(=O)C(F)(F)F)cc1. The first-order valence-corrected chi connectivity index (χ1v) is 8.04. The minimum atomic E-state index is -6.15. The molecule has 1 aromatic carbocycles. The van der Waals surface area contributed by atoms with Gasteiger partial charge >= 0.3 is 20.1 Å². The third-order valence-electron chi connectivity index (χ3n) is 2.34. The minimum Gasteiger partial charge on any atom is -0.507 e. The number of aryl methyl sites for hydroxylation is 1. The smallest absolute Gasteiger partial charge is 0.505 e. The van der Waals surface area contributed by atoms with Gasteiger partial charge < -0.3 is 10.6 Å². The van der Waals surface area contributed by atoms with Crippen molar-refractivity contribution in [3.8, 4) is 0 Å². The molecule has 1 N–H and O–H groups in total. The average molecular weight is 330 g/mol. The molecule has 1 unspecified atom stereocenters. The maximum absolute atomic E-state index is 12.4. The lowest BCUT2D eigenvalue weighted by atomic mass is 10.2. The van der Waals surface area contributed by atoms with Crippen LogP contribution >= 0.6 is 0 Å². The summed E-state index contributed by atoms with van der Waals surface area (Å²) in [7, 11) is -11.1. The predicted octanol–water partition coefficient (Wildman–Crippen LogP) is 0.0891. The van der Waals surface area contributed by atoms with Gasteiger partial charge in [0.25, 0.3) is 9.84 Å². The molecule has 0 heterocycles. The highest BCUT2D eigenvalue weighted by Crippen LogP contribution is 2.29. The zero-order chi connectivity index (χ0) is 15.8. The van der Waals surface area contributed by atoms with E-state index in [1.807, 2.05) is 0 Å². The number of alkyl halides is 3. The van der Waals surface area contributed by atoms with Gasteiger partial charge in [-0.1, -0.05) is 17.7 Å². The second-order valence-corrected chi connectivity index (χ2v) is 8.17. The van der Waals surface area contributed by atoms with Crippen LogP contribution in [0.3, 0.4) is 0 Å². The molecule has 1 atom stereocenters. The molecule has 0 fully saturated rings. The summed E-state index contributed by atoms with van der Waals surface area (Å²) in [4.78, 5) is -0.664. The number of nitrogens with zero attached hydrogens (tertiary/aromatic N) is 1. The molecular weight excluding hydrogens is 321 g/mol. The molecule has 0 radical (unpaired) electrons. The summed E-state index contributed by atoms with van der Waals surface area (Å²) in [6.45, 7) is 1.60. The molecule has 1 rings (SSSR count). The molecule has 6 nitrogen and oxygen atoms in total. The van der Waals surface area contributed by atoms with Crippen molar-refractivity contribution in [2.75, 3.05) is 0 Å². The molecule has 0 aliphatic heterocycles. The number of benzene rings is 1. The molecule has 112 valence electrons.